The van der Waals surface area contributed by atoms with Gasteiger partial charge >= 0.3 is 0 Å². The summed E-state index contributed by atoms with van der Waals surface area (Å²) >= 11 is 8.19. The summed E-state index contributed by atoms with van der Waals surface area (Å²) in [4.78, 5) is 12.2. The van der Waals surface area contributed by atoms with Crippen LogP contribution in [0.3, 0.4) is 0 Å². The molecule has 100 valence electrons. The van der Waals surface area contributed by atoms with E-state index in [0.717, 1.165) is 21.4 Å². The summed E-state index contributed by atoms with van der Waals surface area (Å²) in [6.45, 7) is 2.05. The van der Waals surface area contributed by atoms with Crippen LogP contribution in [0.5, 0.6) is 0 Å². The van der Waals surface area contributed by atoms with Crippen molar-refractivity contribution in [1.82, 2.24) is 9.78 Å². The van der Waals surface area contributed by atoms with Crippen molar-refractivity contribution in [3.05, 3.63) is 49.8 Å². The molecule has 0 N–H and O–H groups in total. The minimum atomic E-state index is 0.0592. The number of aromatic nitrogens is 2. The first-order valence-corrected chi connectivity index (χ1v) is 7.47. The molecule has 0 spiro atoms. The van der Waals surface area contributed by atoms with Gasteiger partial charge in [0.15, 0.2) is 5.78 Å². The highest BCUT2D eigenvalue weighted by atomic mass is 127. The van der Waals surface area contributed by atoms with Crippen molar-refractivity contribution >= 4 is 40.0 Å². The maximum Gasteiger partial charge on any atom is 0.168 e. The average Bonchev–Trinajstić information content (AvgIpc) is 2.73. The molecule has 0 aliphatic carbocycles. The number of rotatable bonds is 4. The van der Waals surface area contributed by atoms with Gasteiger partial charge in [-0.05, 0) is 47.2 Å². The van der Waals surface area contributed by atoms with Crippen molar-refractivity contribution in [2.24, 2.45) is 7.05 Å². The second-order valence-corrected chi connectivity index (χ2v) is 5.90. The third-order valence-corrected chi connectivity index (χ3v) is 4.55. The minimum Gasteiger partial charge on any atom is -0.294 e. The Labute approximate surface area is 131 Å². The van der Waals surface area contributed by atoms with Crippen molar-refractivity contribution in [2.45, 2.75) is 19.8 Å². The van der Waals surface area contributed by atoms with Crippen LogP contribution in [0.25, 0.3) is 0 Å². The van der Waals surface area contributed by atoms with Crippen LogP contribution in [0.2, 0.25) is 5.02 Å². The molecule has 0 amide bonds. The molecule has 0 saturated carbocycles. The van der Waals surface area contributed by atoms with E-state index in [1.54, 1.807) is 10.7 Å². The first-order valence-electron chi connectivity index (χ1n) is 6.01. The van der Waals surface area contributed by atoms with Gasteiger partial charge in [-0.25, -0.2) is 0 Å². The SMILES string of the molecule is CCc1cc(CC(=O)c2ccc(I)c(Cl)c2)n(C)n1. The van der Waals surface area contributed by atoms with Crippen molar-refractivity contribution < 1.29 is 4.79 Å². The third kappa shape index (κ3) is 3.36. The lowest BCUT2D eigenvalue weighted by Gasteiger charge is -2.03. The van der Waals surface area contributed by atoms with Gasteiger partial charge in [0.1, 0.15) is 0 Å². The maximum absolute atomic E-state index is 12.2. The number of aryl methyl sites for hydroxylation is 2. The van der Waals surface area contributed by atoms with E-state index in [9.17, 15) is 4.79 Å². The summed E-state index contributed by atoms with van der Waals surface area (Å²) in [7, 11) is 1.86. The van der Waals surface area contributed by atoms with Crippen LogP contribution in [0.1, 0.15) is 28.7 Å². The van der Waals surface area contributed by atoms with Crippen molar-refractivity contribution in [3.8, 4) is 0 Å². The number of nitrogens with zero attached hydrogens (tertiary/aromatic N) is 2. The summed E-state index contributed by atoms with van der Waals surface area (Å²) in [5, 5.41) is 4.96. The lowest BCUT2D eigenvalue weighted by atomic mass is 10.1. The third-order valence-electron chi connectivity index (χ3n) is 2.97. The Balaban J connectivity index is 2.20. The monoisotopic (exact) mass is 388 g/mol. The van der Waals surface area contributed by atoms with Crippen molar-refractivity contribution in [3.63, 3.8) is 0 Å². The van der Waals surface area contributed by atoms with Crippen LogP contribution in [0.15, 0.2) is 24.3 Å². The summed E-state index contributed by atoms with van der Waals surface area (Å²) in [5.74, 6) is 0.0592. The lowest BCUT2D eigenvalue weighted by molar-refractivity contribution is 0.0990. The van der Waals surface area contributed by atoms with Gasteiger partial charge in [-0.3, -0.25) is 9.48 Å². The fourth-order valence-electron chi connectivity index (χ4n) is 1.85. The Bertz CT molecular complexity index is 622. The molecule has 0 fully saturated rings. The Morgan fingerprint density at radius 2 is 2.16 bits per heavy atom. The largest absolute Gasteiger partial charge is 0.294 e. The van der Waals surface area contributed by atoms with Crippen LogP contribution in [0, 0.1) is 3.57 Å². The highest BCUT2D eigenvalue weighted by molar-refractivity contribution is 14.1. The van der Waals surface area contributed by atoms with E-state index < -0.39 is 0 Å². The maximum atomic E-state index is 12.2. The molecule has 5 heteroatoms. The van der Waals surface area contributed by atoms with Crippen LogP contribution >= 0.6 is 34.2 Å². The minimum absolute atomic E-state index is 0.0592. The number of hydrogen-bond donors (Lipinski definition) is 0. The van der Waals surface area contributed by atoms with Crippen LogP contribution in [0.4, 0.5) is 0 Å². The van der Waals surface area contributed by atoms with E-state index >= 15 is 0 Å². The fourth-order valence-corrected chi connectivity index (χ4v) is 2.36. The van der Waals surface area contributed by atoms with Crippen molar-refractivity contribution in [1.29, 1.82) is 0 Å². The number of hydrogen-bond acceptors (Lipinski definition) is 2. The van der Waals surface area contributed by atoms with Gasteiger partial charge in [0.05, 0.1) is 17.1 Å². The van der Waals surface area contributed by atoms with Crippen molar-refractivity contribution in [2.75, 3.05) is 0 Å². The van der Waals surface area contributed by atoms with Crippen LogP contribution in [-0.2, 0) is 19.9 Å². The van der Waals surface area contributed by atoms with Gasteiger partial charge in [0.2, 0.25) is 0 Å². The topological polar surface area (TPSA) is 34.9 Å². The quantitative estimate of drug-likeness (QED) is 0.592. The summed E-state index contributed by atoms with van der Waals surface area (Å²) < 4.78 is 2.72. The number of Topliss-reactive ketones (excluding diaryl/α,β-unsaturated/α-hetero) is 1. The van der Waals surface area contributed by atoms with Crippen LogP contribution < -0.4 is 0 Å². The number of benzene rings is 1. The molecule has 2 aromatic rings. The summed E-state index contributed by atoms with van der Waals surface area (Å²) in [6, 6.07) is 7.37. The number of ketones is 1. The van der Waals surface area contributed by atoms with Crippen LogP contribution in [-0.4, -0.2) is 15.6 Å². The molecular weight excluding hydrogens is 375 g/mol. The van der Waals surface area contributed by atoms with Gasteiger partial charge in [0, 0.05) is 21.9 Å². The molecule has 3 nitrogen and oxygen atoms in total. The van der Waals surface area contributed by atoms with Gasteiger partial charge in [0.25, 0.3) is 0 Å². The zero-order valence-electron chi connectivity index (χ0n) is 10.8. The molecular formula is C14H14ClIN2O. The molecule has 1 heterocycles. The Kier molecular flexibility index (Phi) is 4.62. The zero-order valence-corrected chi connectivity index (χ0v) is 13.7. The summed E-state index contributed by atoms with van der Waals surface area (Å²) in [5.41, 5.74) is 2.58. The molecule has 1 aromatic carbocycles. The highest BCUT2D eigenvalue weighted by Crippen LogP contribution is 2.20. The molecule has 0 bridgehead atoms. The van der Waals surface area contributed by atoms with E-state index in [4.69, 9.17) is 11.6 Å². The van der Waals surface area contributed by atoms with E-state index in [-0.39, 0.29) is 5.78 Å². The molecule has 0 saturated heterocycles. The Morgan fingerprint density at radius 3 is 2.74 bits per heavy atom. The Morgan fingerprint density at radius 1 is 1.42 bits per heavy atom. The molecule has 0 atom stereocenters. The van der Waals surface area contributed by atoms with Gasteiger partial charge in [-0.2, -0.15) is 5.10 Å². The van der Waals surface area contributed by atoms with E-state index in [1.165, 1.54) is 0 Å². The Hall–Kier alpha value is -0.880. The standard InChI is InChI=1S/C14H14ClIN2O/c1-3-10-7-11(18(2)17-10)8-14(19)9-4-5-13(16)12(15)6-9/h4-7H,3,8H2,1-2H3. The lowest BCUT2D eigenvalue weighted by Crippen LogP contribution is -2.08. The molecule has 0 unspecified atom stereocenters. The van der Waals surface area contributed by atoms with Gasteiger partial charge < -0.3 is 0 Å². The zero-order chi connectivity index (χ0) is 14.0. The first kappa shape index (κ1) is 14.5. The second kappa shape index (κ2) is 6.05. The van der Waals surface area contributed by atoms with E-state index in [2.05, 4.69) is 27.7 Å². The molecule has 0 radical (unpaired) electrons. The fraction of sp³-hybridized carbons (Fsp3) is 0.286. The van der Waals surface area contributed by atoms with Gasteiger partial charge in [-0.1, -0.05) is 24.6 Å². The normalized spacial score (nSPS) is 10.7. The second-order valence-electron chi connectivity index (χ2n) is 4.33. The average molecular weight is 389 g/mol. The number of carbonyl (C=O) groups is 1. The first-order chi connectivity index (χ1) is 9.01. The molecule has 2 rings (SSSR count). The molecule has 1 aromatic heterocycles. The number of halogens is 2. The molecule has 0 aliphatic heterocycles. The van der Waals surface area contributed by atoms with E-state index in [1.807, 2.05) is 32.2 Å². The molecule has 0 aliphatic rings. The highest BCUT2D eigenvalue weighted by Gasteiger charge is 2.12. The van der Waals surface area contributed by atoms with E-state index in [0.29, 0.717) is 17.0 Å². The molecule has 19 heavy (non-hydrogen) atoms. The predicted molar refractivity (Wildman–Crippen MR) is 84.8 cm³/mol. The summed E-state index contributed by atoms with van der Waals surface area (Å²) in [6.07, 6.45) is 1.22. The smallest absolute Gasteiger partial charge is 0.168 e. The predicted octanol–water partition coefficient (Wildman–Crippen LogP) is 3.67. The number of carbonyl (C=O) groups excluding carboxylic acids is 1. The van der Waals surface area contributed by atoms with Gasteiger partial charge in [-0.15, -0.1) is 0 Å².